The molecule has 1 fully saturated rings. The van der Waals surface area contributed by atoms with E-state index in [0.29, 0.717) is 18.6 Å². The normalized spacial score (nSPS) is 14.7. The Morgan fingerprint density at radius 2 is 1.79 bits per heavy atom. The second kappa shape index (κ2) is 7.82. The molecule has 1 saturated heterocycles. The van der Waals surface area contributed by atoms with E-state index in [1.54, 1.807) is 24.1 Å². The average Bonchev–Trinajstić information content (AvgIpc) is 3.22. The number of carbonyl (C=O) groups is 1. The van der Waals surface area contributed by atoms with Gasteiger partial charge < -0.3 is 9.80 Å². The van der Waals surface area contributed by atoms with E-state index in [1.807, 2.05) is 18.2 Å². The van der Waals surface area contributed by atoms with Crippen molar-refractivity contribution in [2.24, 2.45) is 0 Å². The first-order chi connectivity index (χ1) is 14.0. The summed E-state index contributed by atoms with van der Waals surface area (Å²) in [5.41, 5.74) is 0.949. The number of hydrogen-bond donors (Lipinski definition) is 0. The Morgan fingerprint density at radius 3 is 2.45 bits per heavy atom. The number of aromatic nitrogens is 3. The van der Waals surface area contributed by atoms with Gasteiger partial charge in [-0.1, -0.05) is 18.2 Å². The summed E-state index contributed by atoms with van der Waals surface area (Å²) in [6, 6.07) is 9.81. The molecule has 0 unspecified atom stereocenters. The first-order valence-corrected chi connectivity index (χ1v) is 10.5. The Labute approximate surface area is 171 Å². The topological polar surface area (TPSA) is 80.4 Å². The number of nitrogens with zero attached hydrogens (tertiary/aromatic N) is 5. The van der Waals surface area contributed by atoms with E-state index in [4.69, 9.17) is 0 Å². The minimum atomic E-state index is -0.464. The first-order valence-electron chi connectivity index (χ1n) is 9.64. The van der Waals surface area contributed by atoms with Gasteiger partial charge >= 0.3 is 5.69 Å². The third kappa shape index (κ3) is 3.57. The lowest BCUT2D eigenvalue weighted by Gasteiger charge is -2.36. The van der Waals surface area contributed by atoms with E-state index in [1.165, 1.54) is 9.13 Å². The summed E-state index contributed by atoms with van der Waals surface area (Å²) >= 11 is 1.12. The summed E-state index contributed by atoms with van der Waals surface area (Å²) in [6.45, 7) is 6.13. The second-order valence-corrected chi connectivity index (χ2v) is 8.02. The maximum Gasteiger partial charge on any atom is 0.332 e. The molecule has 0 saturated carbocycles. The summed E-state index contributed by atoms with van der Waals surface area (Å²) < 4.78 is 6.69. The first kappa shape index (κ1) is 19.4. The number of anilines is 1. The van der Waals surface area contributed by atoms with Crippen LogP contribution in [0.25, 0.3) is 11.0 Å². The highest BCUT2D eigenvalue weighted by Crippen LogP contribution is 2.16. The lowest BCUT2D eigenvalue weighted by molar-refractivity contribution is -0.132. The largest absolute Gasteiger partial charge is 0.368 e. The molecule has 0 aliphatic carbocycles. The smallest absolute Gasteiger partial charge is 0.332 e. The predicted molar refractivity (Wildman–Crippen MR) is 114 cm³/mol. The van der Waals surface area contributed by atoms with E-state index < -0.39 is 11.2 Å². The van der Waals surface area contributed by atoms with E-state index >= 15 is 0 Å². The Morgan fingerprint density at radius 1 is 1.10 bits per heavy atom. The molecule has 2 aromatic heterocycles. The average molecular weight is 414 g/mol. The third-order valence-electron chi connectivity index (χ3n) is 5.26. The molecule has 1 aliphatic rings. The zero-order valence-corrected chi connectivity index (χ0v) is 17.3. The molecule has 3 aromatic rings. The van der Waals surface area contributed by atoms with E-state index in [0.717, 1.165) is 30.3 Å². The van der Waals surface area contributed by atoms with Crippen LogP contribution >= 0.6 is 11.5 Å². The fourth-order valence-electron chi connectivity index (χ4n) is 3.70. The molecule has 0 atom stereocenters. The molecule has 0 N–H and O–H groups in total. The molecular weight excluding hydrogens is 390 g/mol. The van der Waals surface area contributed by atoms with Crippen molar-refractivity contribution in [1.29, 1.82) is 0 Å². The lowest BCUT2D eigenvalue weighted by Crippen LogP contribution is -2.51. The molecule has 4 rings (SSSR count). The molecule has 0 radical (unpaired) electrons. The van der Waals surface area contributed by atoms with Gasteiger partial charge in [-0.15, -0.1) is 0 Å². The van der Waals surface area contributed by atoms with Crippen molar-refractivity contribution in [1.82, 2.24) is 18.4 Å². The van der Waals surface area contributed by atoms with Crippen LogP contribution in [0.5, 0.6) is 0 Å². The summed E-state index contributed by atoms with van der Waals surface area (Å²) in [7, 11) is 0. The lowest BCUT2D eigenvalue weighted by atomic mass is 10.2. The fourth-order valence-corrected chi connectivity index (χ4v) is 4.37. The number of benzene rings is 1. The maximum absolute atomic E-state index is 12.9. The Hall–Kier alpha value is -2.94. The van der Waals surface area contributed by atoms with Gasteiger partial charge in [0.05, 0.1) is 5.52 Å². The summed E-state index contributed by atoms with van der Waals surface area (Å²) in [6.07, 6.45) is 0. The van der Waals surface area contributed by atoms with Gasteiger partial charge in [0.15, 0.2) is 5.52 Å². The highest BCUT2D eigenvalue weighted by atomic mass is 32.1. The summed E-state index contributed by atoms with van der Waals surface area (Å²) in [4.78, 5) is 42.4. The van der Waals surface area contributed by atoms with Crippen molar-refractivity contribution in [2.45, 2.75) is 26.4 Å². The molecule has 9 heteroatoms. The highest BCUT2D eigenvalue weighted by Gasteiger charge is 2.24. The van der Waals surface area contributed by atoms with Gasteiger partial charge in [0, 0.05) is 43.3 Å². The zero-order chi connectivity index (χ0) is 20.5. The maximum atomic E-state index is 12.9. The van der Waals surface area contributed by atoms with Gasteiger partial charge in [0.25, 0.3) is 5.56 Å². The number of carbonyl (C=O) groups excluding carboxylic acids is 1. The molecule has 1 amide bonds. The van der Waals surface area contributed by atoms with Gasteiger partial charge in [-0.05, 0) is 37.5 Å². The van der Waals surface area contributed by atoms with Crippen LogP contribution in [0.15, 0.2) is 45.3 Å². The minimum absolute atomic E-state index is 0.0912. The van der Waals surface area contributed by atoms with Crippen molar-refractivity contribution in [3.8, 4) is 0 Å². The van der Waals surface area contributed by atoms with Crippen LogP contribution in [0, 0.1) is 0 Å². The van der Waals surface area contributed by atoms with Crippen molar-refractivity contribution in [3.63, 3.8) is 0 Å². The van der Waals surface area contributed by atoms with Crippen LogP contribution in [0.4, 0.5) is 5.69 Å². The van der Waals surface area contributed by atoms with Gasteiger partial charge in [-0.2, -0.15) is 4.37 Å². The molecule has 1 aliphatic heterocycles. The molecule has 0 spiro atoms. The van der Waals surface area contributed by atoms with Crippen molar-refractivity contribution < 1.29 is 4.79 Å². The number of amides is 1. The SMILES string of the molecule is CC(C)n1c(=O)c2nscc2n(CC(=O)N2CCN(c3ccccc3)CC2)c1=O. The van der Waals surface area contributed by atoms with Crippen LogP contribution in [-0.2, 0) is 11.3 Å². The minimum Gasteiger partial charge on any atom is -0.368 e. The quantitative estimate of drug-likeness (QED) is 0.648. The zero-order valence-electron chi connectivity index (χ0n) is 16.4. The predicted octanol–water partition coefficient (Wildman–Crippen LogP) is 1.55. The fraction of sp³-hybridized carbons (Fsp3) is 0.400. The van der Waals surface area contributed by atoms with E-state index in [-0.39, 0.29) is 24.0 Å². The molecule has 8 nitrogen and oxygen atoms in total. The monoisotopic (exact) mass is 413 g/mol. The molecule has 0 bridgehead atoms. The van der Waals surface area contributed by atoms with E-state index in [2.05, 4.69) is 21.4 Å². The third-order valence-corrected chi connectivity index (χ3v) is 5.88. The molecular formula is C20H23N5O3S. The highest BCUT2D eigenvalue weighted by molar-refractivity contribution is 7.04. The number of para-hydroxylation sites is 1. The number of hydrogen-bond acceptors (Lipinski definition) is 6. The summed E-state index contributed by atoms with van der Waals surface area (Å²) in [5.74, 6) is -0.124. The number of piperazine rings is 1. The summed E-state index contributed by atoms with van der Waals surface area (Å²) in [5, 5.41) is 1.66. The van der Waals surface area contributed by atoms with Crippen molar-refractivity contribution in [3.05, 3.63) is 56.5 Å². The standard InChI is InChI=1S/C20H23N5O3S/c1-14(2)25-19(27)18-16(13-29-21-18)24(20(25)28)12-17(26)23-10-8-22(9-11-23)15-6-4-3-5-7-15/h3-7,13-14H,8-12H2,1-2H3. The van der Waals surface area contributed by atoms with Crippen LogP contribution < -0.4 is 16.1 Å². The van der Waals surface area contributed by atoms with Crippen molar-refractivity contribution >= 4 is 34.2 Å². The second-order valence-electron chi connectivity index (χ2n) is 7.39. The van der Waals surface area contributed by atoms with Crippen molar-refractivity contribution in [2.75, 3.05) is 31.1 Å². The Balaban J connectivity index is 1.55. The van der Waals surface area contributed by atoms with Crippen LogP contribution in [0.1, 0.15) is 19.9 Å². The Bertz CT molecular complexity index is 1140. The van der Waals surface area contributed by atoms with Crippen LogP contribution in [0.3, 0.4) is 0 Å². The molecule has 29 heavy (non-hydrogen) atoms. The number of rotatable bonds is 4. The van der Waals surface area contributed by atoms with Crippen LogP contribution in [-0.4, -0.2) is 50.5 Å². The molecule has 3 heterocycles. The Kier molecular flexibility index (Phi) is 5.23. The van der Waals surface area contributed by atoms with Gasteiger partial charge in [0.2, 0.25) is 5.91 Å². The van der Waals surface area contributed by atoms with Crippen LogP contribution in [0.2, 0.25) is 0 Å². The van der Waals surface area contributed by atoms with Gasteiger partial charge in [-0.3, -0.25) is 18.7 Å². The molecule has 1 aromatic carbocycles. The van der Waals surface area contributed by atoms with E-state index in [9.17, 15) is 14.4 Å². The molecule has 152 valence electrons. The van der Waals surface area contributed by atoms with Gasteiger partial charge in [-0.25, -0.2) is 4.79 Å². The number of fused-ring (bicyclic) bond motifs is 1. The van der Waals surface area contributed by atoms with Gasteiger partial charge in [0.1, 0.15) is 6.54 Å².